The van der Waals surface area contributed by atoms with E-state index in [1.807, 2.05) is 0 Å². The molecule has 0 spiro atoms. The Morgan fingerprint density at radius 2 is 1.93 bits per heavy atom. The van der Waals surface area contributed by atoms with E-state index in [1.165, 1.54) is 6.26 Å². The van der Waals surface area contributed by atoms with E-state index in [4.69, 9.17) is 10.5 Å². The van der Waals surface area contributed by atoms with E-state index < -0.39 is 33.8 Å². The van der Waals surface area contributed by atoms with Crippen molar-refractivity contribution < 1.29 is 21.9 Å². The van der Waals surface area contributed by atoms with Gasteiger partial charge >= 0.3 is 0 Å². The Bertz CT molecular complexity index is 838. The molecule has 1 aromatic rings. The Balaban J connectivity index is 1.39. The highest BCUT2D eigenvalue weighted by atomic mass is 32.2. The van der Waals surface area contributed by atoms with Gasteiger partial charge in [0, 0.05) is 37.3 Å². The molecule has 0 amide bonds. The number of rotatable bonds is 3. The molecule has 156 valence electrons. The van der Waals surface area contributed by atoms with Crippen LogP contribution in [-0.2, 0) is 14.8 Å². The van der Waals surface area contributed by atoms with E-state index in [-0.39, 0.29) is 11.6 Å². The molecule has 0 aromatic heterocycles. The largest absolute Gasteiger partial charge is 0.370 e. The molecule has 3 fully saturated rings. The molecule has 2 unspecified atom stereocenters. The van der Waals surface area contributed by atoms with Gasteiger partial charge in [-0.05, 0) is 49.4 Å². The summed E-state index contributed by atoms with van der Waals surface area (Å²) in [7, 11) is -3.15. The summed E-state index contributed by atoms with van der Waals surface area (Å²) >= 11 is 0. The van der Waals surface area contributed by atoms with Crippen LogP contribution in [0.3, 0.4) is 0 Å². The van der Waals surface area contributed by atoms with Gasteiger partial charge in [0.2, 0.25) is 10.0 Å². The van der Waals surface area contributed by atoms with Gasteiger partial charge in [0.1, 0.15) is 17.7 Å². The molecule has 0 bridgehead atoms. The van der Waals surface area contributed by atoms with Gasteiger partial charge in [-0.1, -0.05) is 0 Å². The third kappa shape index (κ3) is 3.95. The second-order valence-electron chi connectivity index (χ2n) is 8.36. The highest BCUT2D eigenvalue weighted by Gasteiger charge is 2.43. The van der Waals surface area contributed by atoms with E-state index in [9.17, 15) is 17.2 Å². The molecule has 9 heteroatoms. The molecule has 0 radical (unpaired) electrons. The molecule has 3 saturated heterocycles. The summed E-state index contributed by atoms with van der Waals surface area (Å²) in [5.74, 6) is -0.294. The average Bonchev–Trinajstić information content (AvgIpc) is 3.07. The number of nitrogens with two attached hydrogens (primary N) is 1. The Labute approximate surface area is 164 Å². The fourth-order valence-corrected chi connectivity index (χ4v) is 5.83. The standard InChI is InChI=1S/C19H27F2N3O3S/c1-28(25,26)24-9-12-4-5-23(8-13(12)10-24)15-7-18(22)19(27-11-15)16-6-14(20)2-3-17(16)21/h2-3,6,12-13,15,18-19H,4-5,7-11,22H2,1H3/t12?,13?,15-,18+,19-/m1/s1. The van der Waals surface area contributed by atoms with Crippen LogP contribution in [0.2, 0.25) is 0 Å². The third-order valence-electron chi connectivity index (χ3n) is 6.45. The van der Waals surface area contributed by atoms with E-state index >= 15 is 0 Å². The van der Waals surface area contributed by atoms with Crippen LogP contribution in [0.15, 0.2) is 18.2 Å². The second kappa shape index (κ2) is 7.60. The number of ether oxygens (including phenoxy) is 1. The molecule has 0 aliphatic carbocycles. The summed E-state index contributed by atoms with van der Waals surface area (Å²) in [6.45, 7) is 3.27. The van der Waals surface area contributed by atoms with Crippen LogP contribution in [-0.4, -0.2) is 68.7 Å². The van der Waals surface area contributed by atoms with E-state index in [1.54, 1.807) is 4.31 Å². The normalized spacial score (nSPS) is 35.1. The number of halogens is 2. The summed E-state index contributed by atoms with van der Waals surface area (Å²) < 4.78 is 58.8. The third-order valence-corrected chi connectivity index (χ3v) is 7.69. The highest BCUT2D eigenvalue weighted by molar-refractivity contribution is 7.88. The summed E-state index contributed by atoms with van der Waals surface area (Å²) in [6.07, 6.45) is 2.19. The minimum absolute atomic E-state index is 0.108. The number of piperidine rings is 1. The maximum absolute atomic E-state index is 14.1. The Morgan fingerprint density at radius 1 is 1.18 bits per heavy atom. The van der Waals surface area contributed by atoms with Gasteiger partial charge < -0.3 is 10.5 Å². The van der Waals surface area contributed by atoms with Crippen molar-refractivity contribution >= 4 is 10.0 Å². The predicted molar refractivity (Wildman–Crippen MR) is 101 cm³/mol. The quantitative estimate of drug-likeness (QED) is 0.806. The molecule has 6 nitrogen and oxygen atoms in total. The fraction of sp³-hybridized carbons (Fsp3) is 0.684. The van der Waals surface area contributed by atoms with Crippen LogP contribution in [0.5, 0.6) is 0 Å². The molecule has 3 aliphatic heterocycles. The average molecular weight is 416 g/mol. The van der Waals surface area contributed by atoms with Crippen molar-refractivity contribution in [3.8, 4) is 0 Å². The molecular formula is C19H27F2N3O3S. The Kier molecular flexibility index (Phi) is 5.47. The van der Waals surface area contributed by atoms with Gasteiger partial charge in [-0.15, -0.1) is 0 Å². The maximum atomic E-state index is 14.1. The van der Waals surface area contributed by atoms with Crippen molar-refractivity contribution in [2.24, 2.45) is 17.6 Å². The van der Waals surface area contributed by atoms with Gasteiger partial charge in [0.05, 0.1) is 12.9 Å². The first-order valence-electron chi connectivity index (χ1n) is 9.73. The molecule has 4 rings (SSSR count). The first kappa shape index (κ1) is 20.2. The highest BCUT2D eigenvalue weighted by Crippen LogP contribution is 2.36. The van der Waals surface area contributed by atoms with Gasteiger partial charge in [0.25, 0.3) is 0 Å². The number of nitrogens with zero attached hydrogens (tertiary/aromatic N) is 2. The van der Waals surface area contributed by atoms with E-state index in [0.29, 0.717) is 38.0 Å². The maximum Gasteiger partial charge on any atom is 0.211 e. The lowest BCUT2D eigenvalue weighted by molar-refractivity contribution is -0.0616. The van der Waals surface area contributed by atoms with Gasteiger partial charge in [-0.2, -0.15) is 0 Å². The van der Waals surface area contributed by atoms with Crippen LogP contribution in [0.25, 0.3) is 0 Å². The zero-order valence-electron chi connectivity index (χ0n) is 15.9. The minimum atomic E-state index is -3.15. The number of fused-ring (bicyclic) bond motifs is 1. The van der Waals surface area contributed by atoms with Gasteiger partial charge in [0.15, 0.2) is 0 Å². The fourth-order valence-electron chi connectivity index (χ4n) is 4.91. The number of likely N-dealkylation sites (tertiary alicyclic amines) is 1. The van der Waals surface area contributed by atoms with Crippen LogP contribution < -0.4 is 5.73 Å². The lowest BCUT2D eigenvalue weighted by Crippen LogP contribution is -2.53. The molecule has 2 N–H and O–H groups in total. The van der Waals surface area contributed by atoms with Crippen molar-refractivity contribution in [1.29, 1.82) is 0 Å². The summed E-state index contributed by atoms with van der Waals surface area (Å²) in [5, 5.41) is 0. The monoisotopic (exact) mass is 415 g/mol. The van der Waals surface area contributed by atoms with Crippen LogP contribution in [0.4, 0.5) is 8.78 Å². The molecule has 28 heavy (non-hydrogen) atoms. The summed E-state index contributed by atoms with van der Waals surface area (Å²) in [6, 6.07) is 3.02. The van der Waals surface area contributed by atoms with E-state index in [2.05, 4.69) is 4.90 Å². The molecule has 3 heterocycles. The van der Waals surface area contributed by atoms with Gasteiger partial charge in [-0.3, -0.25) is 4.90 Å². The first-order valence-corrected chi connectivity index (χ1v) is 11.6. The zero-order chi connectivity index (χ0) is 20.1. The molecule has 3 aliphatic rings. The van der Waals surface area contributed by atoms with Gasteiger partial charge in [-0.25, -0.2) is 21.5 Å². The van der Waals surface area contributed by atoms with E-state index in [0.717, 1.165) is 37.7 Å². The van der Waals surface area contributed by atoms with Crippen LogP contribution >= 0.6 is 0 Å². The van der Waals surface area contributed by atoms with Crippen molar-refractivity contribution in [3.63, 3.8) is 0 Å². The van der Waals surface area contributed by atoms with Crippen molar-refractivity contribution in [2.45, 2.75) is 31.0 Å². The van der Waals surface area contributed by atoms with Crippen molar-refractivity contribution in [1.82, 2.24) is 9.21 Å². The summed E-state index contributed by atoms with van der Waals surface area (Å²) in [4.78, 5) is 2.32. The van der Waals surface area contributed by atoms with Crippen LogP contribution in [0.1, 0.15) is 24.5 Å². The molecule has 1 aromatic carbocycles. The molecule has 0 saturated carbocycles. The second-order valence-corrected chi connectivity index (χ2v) is 10.3. The van der Waals surface area contributed by atoms with Crippen molar-refractivity contribution in [3.05, 3.63) is 35.4 Å². The molecular weight excluding hydrogens is 388 g/mol. The smallest absolute Gasteiger partial charge is 0.211 e. The van der Waals surface area contributed by atoms with Crippen molar-refractivity contribution in [2.75, 3.05) is 39.0 Å². The SMILES string of the molecule is CS(=O)(=O)N1CC2CCN([C@H]3CO[C@H](c4cc(F)ccc4F)[C@@H](N)C3)CC2C1. The number of hydrogen-bond donors (Lipinski definition) is 1. The number of benzene rings is 1. The topological polar surface area (TPSA) is 75.9 Å². The Hall–Kier alpha value is -1.13. The number of hydrogen-bond acceptors (Lipinski definition) is 5. The lowest BCUT2D eigenvalue weighted by atomic mass is 9.86. The number of sulfonamides is 1. The zero-order valence-corrected chi connectivity index (χ0v) is 16.7. The lowest BCUT2D eigenvalue weighted by Gasteiger charge is -2.44. The Morgan fingerprint density at radius 3 is 2.64 bits per heavy atom. The first-order chi connectivity index (χ1) is 13.2. The molecule has 5 atom stereocenters. The minimum Gasteiger partial charge on any atom is -0.370 e. The summed E-state index contributed by atoms with van der Waals surface area (Å²) in [5.41, 5.74) is 6.46. The predicted octanol–water partition coefficient (Wildman–Crippen LogP) is 1.34. The van der Waals surface area contributed by atoms with Crippen LogP contribution in [0, 0.1) is 23.5 Å².